The van der Waals surface area contributed by atoms with E-state index < -0.39 is 29.8 Å². The van der Waals surface area contributed by atoms with E-state index in [-0.39, 0.29) is 29.0 Å². The third kappa shape index (κ3) is 3.54. The molecule has 0 aromatic carbocycles. The molecule has 0 amide bonds. The summed E-state index contributed by atoms with van der Waals surface area (Å²) < 4.78 is 37.4. The number of aromatic nitrogens is 2. The standard InChI is InChI=1S/C13H12ClF3N4O2/c14-10-7(6-1-5(6)3-13(15,16)17)2-9(20-21-10)8-4-18-12(23)19-11(8)22/h4-7H,1-3H2,(H2,18,19,22,23)/t5-,6+,7?/m1/s1. The van der Waals surface area contributed by atoms with Crippen LogP contribution >= 0.6 is 11.6 Å². The van der Waals surface area contributed by atoms with Crippen LogP contribution in [0.15, 0.2) is 26.0 Å². The van der Waals surface area contributed by atoms with Crippen LogP contribution < -0.4 is 11.2 Å². The Kier molecular flexibility index (Phi) is 3.91. The maximum absolute atomic E-state index is 12.5. The zero-order valence-corrected chi connectivity index (χ0v) is 12.4. The molecule has 3 rings (SSSR count). The first-order chi connectivity index (χ1) is 10.7. The van der Waals surface area contributed by atoms with Crippen molar-refractivity contribution >= 4 is 22.5 Å². The fraction of sp³-hybridized carbons (Fsp3) is 0.538. The Hall–Kier alpha value is -1.90. The van der Waals surface area contributed by atoms with E-state index in [1.54, 1.807) is 0 Å². The normalized spacial score (nSPS) is 27.4. The van der Waals surface area contributed by atoms with Gasteiger partial charge < -0.3 is 4.98 Å². The highest BCUT2D eigenvalue weighted by Gasteiger charge is 2.50. The highest BCUT2D eigenvalue weighted by Crippen LogP contribution is 2.52. The molecule has 0 spiro atoms. The number of hydrogen-bond acceptors (Lipinski definition) is 4. The Morgan fingerprint density at radius 3 is 2.70 bits per heavy atom. The van der Waals surface area contributed by atoms with Crippen molar-refractivity contribution in [2.24, 2.45) is 28.0 Å². The van der Waals surface area contributed by atoms with Crippen LogP contribution in [0.2, 0.25) is 0 Å². The Bertz CT molecular complexity index is 795. The Morgan fingerprint density at radius 1 is 1.30 bits per heavy atom. The van der Waals surface area contributed by atoms with Gasteiger partial charge in [-0.25, -0.2) is 4.79 Å². The molecule has 0 radical (unpaired) electrons. The van der Waals surface area contributed by atoms with Gasteiger partial charge in [0, 0.05) is 25.0 Å². The topological polar surface area (TPSA) is 90.4 Å². The number of rotatable bonds is 3. The van der Waals surface area contributed by atoms with Gasteiger partial charge in [-0.3, -0.25) is 9.78 Å². The molecule has 2 N–H and O–H groups in total. The quantitative estimate of drug-likeness (QED) is 0.874. The van der Waals surface area contributed by atoms with Crippen LogP contribution in [-0.2, 0) is 0 Å². The molecule has 0 saturated heterocycles. The van der Waals surface area contributed by atoms with E-state index in [1.807, 2.05) is 0 Å². The van der Waals surface area contributed by atoms with Crippen molar-refractivity contribution in [3.8, 4) is 0 Å². The van der Waals surface area contributed by atoms with Gasteiger partial charge in [0.15, 0.2) is 0 Å². The lowest BCUT2D eigenvalue weighted by atomic mass is 9.93. The van der Waals surface area contributed by atoms with Gasteiger partial charge in [0.25, 0.3) is 5.56 Å². The average Bonchev–Trinajstić information content (AvgIpc) is 3.16. The monoisotopic (exact) mass is 348 g/mol. The van der Waals surface area contributed by atoms with Crippen LogP contribution in [0.3, 0.4) is 0 Å². The SMILES string of the molecule is O=c1[nH]cc(C2=NN=C(Cl)C([C@H]3C[C@@H]3CC(F)(F)F)C2)c(=O)[nH]1. The van der Waals surface area contributed by atoms with E-state index in [0.717, 1.165) is 0 Å². The molecule has 1 aliphatic carbocycles. The summed E-state index contributed by atoms with van der Waals surface area (Å²) in [5, 5.41) is 7.77. The van der Waals surface area contributed by atoms with Crippen LogP contribution in [0, 0.1) is 17.8 Å². The number of nitrogens with zero attached hydrogens (tertiary/aromatic N) is 2. The minimum atomic E-state index is -4.20. The van der Waals surface area contributed by atoms with Gasteiger partial charge in [-0.1, -0.05) is 11.6 Å². The van der Waals surface area contributed by atoms with Crippen molar-refractivity contribution < 1.29 is 13.2 Å². The van der Waals surface area contributed by atoms with E-state index >= 15 is 0 Å². The van der Waals surface area contributed by atoms with E-state index in [1.165, 1.54) is 6.20 Å². The Labute approximate surface area is 132 Å². The molecule has 2 heterocycles. The van der Waals surface area contributed by atoms with Crippen LogP contribution in [0.25, 0.3) is 0 Å². The molecule has 1 saturated carbocycles. The second-order valence-electron chi connectivity index (χ2n) is 5.74. The molecule has 6 nitrogen and oxygen atoms in total. The third-order valence-electron chi connectivity index (χ3n) is 4.10. The van der Waals surface area contributed by atoms with E-state index in [0.29, 0.717) is 12.1 Å². The first-order valence-corrected chi connectivity index (χ1v) is 7.31. The highest BCUT2D eigenvalue weighted by molar-refractivity contribution is 6.66. The minimum absolute atomic E-state index is 0.135. The van der Waals surface area contributed by atoms with Crippen molar-refractivity contribution in [1.82, 2.24) is 9.97 Å². The van der Waals surface area contributed by atoms with Crippen LogP contribution in [0.5, 0.6) is 0 Å². The number of alkyl halides is 3. The maximum atomic E-state index is 12.5. The van der Waals surface area contributed by atoms with Crippen molar-refractivity contribution in [2.75, 3.05) is 0 Å². The predicted octanol–water partition coefficient (Wildman–Crippen LogP) is 2.01. The van der Waals surface area contributed by atoms with Crippen molar-refractivity contribution in [3.05, 3.63) is 32.6 Å². The molecule has 1 aromatic heterocycles. The smallest absolute Gasteiger partial charge is 0.313 e. The van der Waals surface area contributed by atoms with Crippen molar-refractivity contribution in [1.29, 1.82) is 0 Å². The molecule has 0 bridgehead atoms. The summed E-state index contributed by atoms with van der Waals surface area (Å²) in [6, 6.07) is 0. The van der Waals surface area contributed by atoms with E-state index in [9.17, 15) is 22.8 Å². The van der Waals surface area contributed by atoms with Crippen LogP contribution in [-0.4, -0.2) is 27.0 Å². The third-order valence-corrected chi connectivity index (χ3v) is 4.46. The lowest BCUT2D eigenvalue weighted by Crippen LogP contribution is -2.30. The number of hydrogen-bond donors (Lipinski definition) is 2. The van der Waals surface area contributed by atoms with Crippen molar-refractivity contribution in [3.63, 3.8) is 0 Å². The number of H-pyrrole nitrogens is 2. The fourth-order valence-corrected chi connectivity index (χ4v) is 3.20. The summed E-state index contributed by atoms with van der Waals surface area (Å²) >= 11 is 5.99. The summed E-state index contributed by atoms with van der Waals surface area (Å²) in [6.45, 7) is 0. The minimum Gasteiger partial charge on any atom is -0.313 e. The lowest BCUT2D eigenvalue weighted by Gasteiger charge is -2.19. The molecule has 1 unspecified atom stereocenters. The number of nitrogens with one attached hydrogen (secondary N) is 2. The lowest BCUT2D eigenvalue weighted by molar-refractivity contribution is -0.139. The average molecular weight is 349 g/mol. The summed E-state index contributed by atoms with van der Waals surface area (Å²) in [4.78, 5) is 27.2. The molecule has 3 atom stereocenters. The van der Waals surface area contributed by atoms with Gasteiger partial charge in [-0.05, 0) is 18.3 Å². The van der Waals surface area contributed by atoms with Crippen LogP contribution in [0.4, 0.5) is 13.2 Å². The largest absolute Gasteiger partial charge is 0.389 e. The molecule has 124 valence electrons. The zero-order chi connectivity index (χ0) is 16.8. The molecular formula is C13H12ClF3N4O2. The second-order valence-corrected chi connectivity index (χ2v) is 6.13. The molecule has 10 heteroatoms. The van der Waals surface area contributed by atoms with Gasteiger partial charge in [0.1, 0.15) is 5.17 Å². The van der Waals surface area contributed by atoms with Crippen LogP contribution in [0.1, 0.15) is 24.8 Å². The first-order valence-electron chi connectivity index (χ1n) is 6.93. The summed E-state index contributed by atoms with van der Waals surface area (Å²) in [5.74, 6) is -1.08. The van der Waals surface area contributed by atoms with E-state index in [2.05, 4.69) is 20.2 Å². The molecular weight excluding hydrogens is 337 g/mol. The Morgan fingerprint density at radius 2 is 2.04 bits per heavy atom. The highest BCUT2D eigenvalue weighted by atomic mass is 35.5. The molecule has 1 fully saturated rings. The van der Waals surface area contributed by atoms with E-state index in [4.69, 9.17) is 11.6 Å². The van der Waals surface area contributed by atoms with Gasteiger partial charge in [0.2, 0.25) is 0 Å². The number of halogens is 4. The number of aromatic amines is 2. The molecule has 23 heavy (non-hydrogen) atoms. The van der Waals surface area contributed by atoms with Gasteiger partial charge in [0.05, 0.1) is 11.3 Å². The second kappa shape index (κ2) is 5.63. The predicted molar refractivity (Wildman–Crippen MR) is 77.9 cm³/mol. The van der Waals surface area contributed by atoms with Gasteiger partial charge >= 0.3 is 11.9 Å². The summed E-state index contributed by atoms with van der Waals surface area (Å²) in [6.07, 6.45) is -3.19. The van der Waals surface area contributed by atoms with Gasteiger partial charge in [-0.15, -0.1) is 5.10 Å². The Balaban J connectivity index is 1.78. The van der Waals surface area contributed by atoms with Crippen molar-refractivity contribution in [2.45, 2.75) is 25.4 Å². The summed E-state index contributed by atoms with van der Waals surface area (Å²) in [7, 11) is 0. The first kappa shape index (κ1) is 16.0. The maximum Gasteiger partial charge on any atom is 0.389 e. The molecule has 1 aliphatic heterocycles. The summed E-state index contributed by atoms with van der Waals surface area (Å²) in [5.41, 5.74) is -0.840. The molecule has 1 aromatic rings. The zero-order valence-electron chi connectivity index (χ0n) is 11.7. The molecule has 2 aliphatic rings. The fourth-order valence-electron chi connectivity index (χ4n) is 2.93. The van der Waals surface area contributed by atoms with Gasteiger partial charge in [-0.2, -0.15) is 18.3 Å².